The summed E-state index contributed by atoms with van der Waals surface area (Å²) < 4.78 is 50.6. The molecule has 1 amide bonds. The molecule has 0 spiro atoms. The van der Waals surface area contributed by atoms with Crippen molar-refractivity contribution in [3.8, 4) is 0 Å². The topological polar surface area (TPSA) is 66.7 Å². The van der Waals surface area contributed by atoms with Crippen molar-refractivity contribution in [1.29, 1.82) is 0 Å². The summed E-state index contributed by atoms with van der Waals surface area (Å²) >= 11 is 0. The maximum Gasteiger partial charge on any atom is 0.416 e. The van der Waals surface area contributed by atoms with Crippen molar-refractivity contribution >= 4 is 11.6 Å². The molecule has 42 heavy (non-hydrogen) atoms. The van der Waals surface area contributed by atoms with Crippen LogP contribution in [0.5, 0.6) is 0 Å². The number of halogens is 3. The molecule has 2 aromatic carbocycles. The SMILES string of the molecule is Cc1ncn(CC2(c3cccc(N4Cc5c(cc(CN6CCN(C)C[C@@H]6C(C)C)cc5C(F)(F)F)C4=O)c3)COC2)n1. The molecule has 2 fully saturated rings. The van der Waals surface area contributed by atoms with Crippen LogP contribution in [-0.4, -0.2) is 76.4 Å². The molecule has 4 heterocycles. The molecule has 0 radical (unpaired) electrons. The Morgan fingerprint density at radius 2 is 1.93 bits per heavy atom. The number of anilines is 1. The van der Waals surface area contributed by atoms with Crippen molar-refractivity contribution in [2.45, 2.75) is 58.0 Å². The maximum absolute atomic E-state index is 14.4. The molecule has 3 aliphatic rings. The smallest absolute Gasteiger partial charge is 0.379 e. The van der Waals surface area contributed by atoms with Gasteiger partial charge in [-0.25, -0.2) is 4.98 Å². The van der Waals surface area contributed by atoms with Crippen LogP contribution in [0.4, 0.5) is 18.9 Å². The van der Waals surface area contributed by atoms with E-state index in [1.165, 1.54) is 11.0 Å². The Bertz CT molecular complexity index is 1480. The molecule has 6 rings (SSSR count). The van der Waals surface area contributed by atoms with Crippen LogP contribution in [0.15, 0.2) is 42.7 Å². The van der Waals surface area contributed by atoms with Gasteiger partial charge in [0.25, 0.3) is 5.91 Å². The lowest BCUT2D eigenvalue weighted by Gasteiger charge is -2.42. The zero-order valence-corrected chi connectivity index (χ0v) is 24.5. The number of benzene rings is 2. The zero-order valence-electron chi connectivity index (χ0n) is 24.5. The van der Waals surface area contributed by atoms with Crippen LogP contribution in [0.25, 0.3) is 0 Å². The Kier molecular flexibility index (Phi) is 7.39. The number of rotatable bonds is 7. The number of aryl methyl sites for hydroxylation is 1. The van der Waals surface area contributed by atoms with E-state index in [-0.39, 0.29) is 29.1 Å². The third-order valence-electron chi connectivity index (χ3n) is 8.94. The van der Waals surface area contributed by atoms with Crippen LogP contribution in [0.2, 0.25) is 0 Å². The highest BCUT2D eigenvalue weighted by molar-refractivity contribution is 6.10. The van der Waals surface area contributed by atoms with E-state index in [1.807, 2.05) is 25.1 Å². The Labute approximate surface area is 244 Å². The second kappa shape index (κ2) is 10.8. The Morgan fingerprint density at radius 3 is 2.57 bits per heavy atom. The lowest BCUT2D eigenvalue weighted by Crippen LogP contribution is -2.53. The Balaban J connectivity index is 1.30. The molecular formula is C31H37F3N6O2. The van der Waals surface area contributed by atoms with E-state index in [1.54, 1.807) is 23.1 Å². The summed E-state index contributed by atoms with van der Waals surface area (Å²) in [6, 6.07) is 10.7. The van der Waals surface area contributed by atoms with E-state index in [0.717, 1.165) is 25.2 Å². The van der Waals surface area contributed by atoms with E-state index in [2.05, 4.69) is 40.8 Å². The third-order valence-corrected chi connectivity index (χ3v) is 8.94. The minimum atomic E-state index is -4.57. The first kappa shape index (κ1) is 28.8. The van der Waals surface area contributed by atoms with Gasteiger partial charge in [0.15, 0.2) is 0 Å². The molecule has 0 saturated carbocycles. The average molecular weight is 583 g/mol. The van der Waals surface area contributed by atoms with Crippen LogP contribution >= 0.6 is 0 Å². The van der Waals surface area contributed by atoms with Gasteiger partial charge < -0.3 is 14.5 Å². The summed E-state index contributed by atoms with van der Waals surface area (Å²) in [5.41, 5.74) is 1.15. The van der Waals surface area contributed by atoms with Crippen LogP contribution in [0, 0.1) is 12.8 Å². The molecule has 3 aromatic rings. The fourth-order valence-corrected chi connectivity index (χ4v) is 6.55. The normalized spacial score (nSPS) is 21.2. The van der Waals surface area contributed by atoms with Gasteiger partial charge in [0, 0.05) is 43.5 Å². The minimum Gasteiger partial charge on any atom is -0.379 e. The molecule has 0 N–H and O–H groups in total. The average Bonchev–Trinajstić information content (AvgIpc) is 3.48. The van der Waals surface area contributed by atoms with Gasteiger partial charge in [-0.3, -0.25) is 14.4 Å². The van der Waals surface area contributed by atoms with Gasteiger partial charge in [0.2, 0.25) is 0 Å². The number of hydrogen-bond acceptors (Lipinski definition) is 6. The fraction of sp³-hybridized carbons (Fsp3) is 0.516. The number of amides is 1. The number of carbonyl (C=O) groups is 1. The van der Waals surface area contributed by atoms with Gasteiger partial charge in [-0.1, -0.05) is 26.0 Å². The Hall–Kier alpha value is -3.28. The summed E-state index contributed by atoms with van der Waals surface area (Å²) in [6.45, 7) is 10.4. The van der Waals surface area contributed by atoms with Crippen molar-refractivity contribution in [3.63, 3.8) is 0 Å². The monoisotopic (exact) mass is 582 g/mol. The van der Waals surface area contributed by atoms with Crippen molar-refractivity contribution < 1.29 is 22.7 Å². The number of likely N-dealkylation sites (N-methyl/N-ethyl adjacent to an activating group) is 1. The molecule has 224 valence electrons. The first-order valence-electron chi connectivity index (χ1n) is 14.5. The molecule has 0 aliphatic carbocycles. The van der Waals surface area contributed by atoms with Gasteiger partial charge in [-0.05, 0) is 60.8 Å². The van der Waals surface area contributed by atoms with E-state index in [0.29, 0.717) is 49.3 Å². The second-order valence-corrected chi connectivity index (χ2v) is 12.4. The van der Waals surface area contributed by atoms with E-state index >= 15 is 0 Å². The second-order valence-electron chi connectivity index (χ2n) is 12.4. The van der Waals surface area contributed by atoms with Gasteiger partial charge in [-0.15, -0.1) is 0 Å². The lowest BCUT2D eigenvalue weighted by molar-refractivity contribution is -0.138. The molecule has 1 aromatic heterocycles. The predicted molar refractivity (Wildman–Crippen MR) is 152 cm³/mol. The highest BCUT2D eigenvalue weighted by Gasteiger charge is 2.43. The van der Waals surface area contributed by atoms with Crippen molar-refractivity contribution in [3.05, 3.63) is 76.4 Å². The molecule has 0 unspecified atom stereocenters. The predicted octanol–water partition coefficient (Wildman–Crippen LogP) is 4.51. The summed E-state index contributed by atoms with van der Waals surface area (Å²) in [5.74, 6) is 0.623. The zero-order chi connectivity index (χ0) is 29.8. The number of piperazine rings is 1. The first-order chi connectivity index (χ1) is 19.9. The lowest BCUT2D eigenvalue weighted by atomic mass is 9.78. The molecule has 3 aliphatic heterocycles. The quantitative estimate of drug-likeness (QED) is 0.409. The number of ether oxygens (including phenoxy) is 1. The number of aromatic nitrogens is 3. The van der Waals surface area contributed by atoms with Gasteiger partial charge in [0.05, 0.1) is 37.3 Å². The summed E-state index contributed by atoms with van der Waals surface area (Å²) in [5, 5.41) is 4.42. The summed E-state index contributed by atoms with van der Waals surface area (Å²) in [7, 11) is 2.07. The highest BCUT2D eigenvalue weighted by atomic mass is 19.4. The molecule has 0 bridgehead atoms. The number of alkyl halides is 3. The van der Waals surface area contributed by atoms with Crippen LogP contribution in [0.1, 0.15) is 52.3 Å². The minimum absolute atomic E-state index is 0.0419. The van der Waals surface area contributed by atoms with Gasteiger partial charge in [-0.2, -0.15) is 18.3 Å². The molecule has 2 saturated heterocycles. The standard InChI is InChI=1S/C31H37F3N6O2/c1-20(2)28-15-37(4)8-9-38(28)13-22-10-25-26(27(11-22)31(32,33)34)14-40(29(25)41)24-7-5-6-23(12-24)30(17-42-18-30)16-39-19-35-21(3)36-39/h5-7,10-12,19-20,28H,8-9,13-18H2,1-4H3/t28-/m1/s1. The summed E-state index contributed by atoms with van der Waals surface area (Å²) in [6.07, 6.45) is -2.89. The first-order valence-corrected chi connectivity index (χ1v) is 14.5. The third kappa shape index (κ3) is 5.33. The Morgan fingerprint density at radius 1 is 1.14 bits per heavy atom. The van der Waals surface area contributed by atoms with Gasteiger partial charge in [0.1, 0.15) is 12.2 Å². The van der Waals surface area contributed by atoms with Crippen molar-refractivity contribution in [2.75, 3.05) is 44.8 Å². The van der Waals surface area contributed by atoms with E-state index in [4.69, 9.17) is 4.74 Å². The fourth-order valence-electron chi connectivity index (χ4n) is 6.55. The number of fused-ring (bicyclic) bond motifs is 1. The van der Waals surface area contributed by atoms with E-state index in [9.17, 15) is 18.0 Å². The molecule has 1 atom stereocenters. The summed E-state index contributed by atoms with van der Waals surface area (Å²) in [4.78, 5) is 24.0. The number of carbonyl (C=O) groups excluding carboxylic acids is 1. The largest absolute Gasteiger partial charge is 0.416 e. The van der Waals surface area contributed by atoms with Gasteiger partial charge >= 0.3 is 6.18 Å². The number of hydrogen-bond donors (Lipinski definition) is 0. The van der Waals surface area contributed by atoms with Crippen LogP contribution in [-0.2, 0) is 36.0 Å². The highest BCUT2D eigenvalue weighted by Crippen LogP contribution is 2.41. The van der Waals surface area contributed by atoms with Crippen LogP contribution < -0.4 is 4.90 Å². The number of nitrogens with zero attached hydrogens (tertiary/aromatic N) is 6. The molecule has 8 nitrogen and oxygen atoms in total. The van der Waals surface area contributed by atoms with Crippen LogP contribution in [0.3, 0.4) is 0 Å². The van der Waals surface area contributed by atoms with Crippen molar-refractivity contribution in [2.24, 2.45) is 5.92 Å². The van der Waals surface area contributed by atoms with Crippen molar-refractivity contribution in [1.82, 2.24) is 24.6 Å². The molecular weight excluding hydrogens is 545 g/mol. The molecule has 11 heteroatoms. The maximum atomic E-state index is 14.4. The van der Waals surface area contributed by atoms with E-state index < -0.39 is 17.6 Å².